The maximum absolute atomic E-state index is 12.6. The Hall–Kier alpha value is -1.70. The molecule has 2 N–H and O–H groups in total. The molecule has 0 saturated carbocycles. The Morgan fingerprint density at radius 2 is 2.05 bits per heavy atom. The highest BCUT2D eigenvalue weighted by Gasteiger charge is 2.25. The SMILES string of the molecule is CN(c1ccccn1)S(=O)(=O)c1cc(C(N)=S)ccc1Cl. The van der Waals surface area contributed by atoms with Gasteiger partial charge in [-0.15, -0.1) is 0 Å². The van der Waals surface area contributed by atoms with Crippen LogP contribution in [0.1, 0.15) is 5.56 Å². The van der Waals surface area contributed by atoms with Gasteiger partial charge < -0.3 is 5.73 Å². The lowest BCUT2D eigenvalue weighted by Crippen LogP contribution is -2.28. The van der Waals surface area contributed by atoms with Crippen LogP contribution in [0.25, 0.3) is 0 Å². The van der Waals surface area contributed by atoms with E-state index in [1.54, 1.807) is 24.3 Å². The van der Waals surface area contributed by atoms with E-state index in [0.717, 1.165) is 4.31 Å². The van der Waals surface area contributed by atoms with E-state index in [0.29, 0.717) is 5.56 Å². The van der Waals surface area contributed by atoms with Crippen LogP contribution in [0.5, 0.6) is 0 Å². The average Bonchev–Trinajstić information content (AvgIpc) is 2.47. The van der Waals surface area contributed by atoms with Crippen LogP contribution in [0.2, 0.25) is 5.02 Å². The van der Waals surface area contributed by atoms with Crippen molar-refractivity contribution in [1.29, 1.82) is 0 Å². The van der Waals surface area contributed by atoms with E-state index in [9.17, 15) is 8.42 Å². The number of anilines is 1. The molecule has 0 aliphatic rings. The molecule has 0 atom stereocenters. The van der Waals surface area contributed by atoms with Gasteiger partial charge in [0.2, 0.25) is 0 Å². The fourth-order valence-electron chi connectivity index (χ4n) is 1.66. The predicted octanol–water partition coefficient (Wildman–Crippen LogP) is 2.19. The largest absolute Gasteiger partial charge is 0.389 e. The number of halogens is 1. The number of nitrogens with zero attached hydrogens (tertiary/aromatic N) is 2. The summed E-state index contributed by atoms with van der Waals surface area (Å²) in [5.41, 5.74) is 5.96. The topological polar surface area (TPSA) is 76.3 Å². The molecular weight excluding hydrogens is 330 g/mol. The molecule has 0 radical (unpaired) electrons. The number of pyridine rings is 1. The average molecular weight is 342 g/mol. The molecule has 0 amide bonds. The summed E-state index contributed by atoms with van der Waals surface area (Å²) in [6.07, 6.45) is 1.51. The smallest absolute Gasteiger partial charge is 0.266 e. The molecule has 0 aliphatic heterocycles. The fourth-order valence-corrected chi connectivity index (χ4v) is 3.44. The zero-order valence-electron chi connectivity index (χ0n) is 11.0. The van der Waals surface area contributed by atoms with Gasteiger partial charge in [0, 0.05) is 18.8 Å². The Bertz CT molecular complexity index is 779. The summed E-state index contributed by atoms with van der Waals surface area (Å²) in [4.78, 5) is 4.04. The van der Waals surface area contributed by atoms with E-state index in [-0.39, 0.29) is 20.7 Å². The van der Waals surface area contributed by atoms with Crippen molar-refractivity contribution in [1.82, 2.24) is 4.98 Å². The quantitative estimate of drug-likeness (QED) is 0.863. The third kappa shape index (κ3) is 3.15. The second-order valence-corrected chi connectivity index (χ2v) is 6.95. The van der Waals surface area contributed by atoms with Gasteiger partial charge in [0.05, 0.1) is 5.02 Å². The number of rotatable bonds is 4. The molecule has 0 unspecified atom stereocenters. The molecule has 0 saturated heterocycles. The van der Waals surface area contributed by atoms with E-state index in [1.807, 2.05) is 0 Å². The van der Waals surface area contributed by atoms with Crippen LogP contribution < -0.4 is 10.0 Å². The molecule has 110 valence electrons. The normalized spacial score (nSPS) is 11.1. The van der Waals surface area contributed by atoms with E-state index < -0.39 is 10.0 Å². The van der Waals surface area contributed by atoms with Crippen LogP contribution >= 0.6 is 23.8 Å². The van der Waals surface area contributed by atoms with Gasteiger partial charge in [0.25, 0.3) is 10.0 Å². The number of thiocarbonyl (C=S) groups is 1. The van der Waals surface area contributed by atoms with Crippen LogP contribution in [-0.2, 0) is 10.0 Å². The summed E-state index contributed by atoms with van der Waals surface area (Å²) in [6.45, 7) is 0. The van der Waals surface area contributed by atoms with Gasteiger partial charge in [-0.1, -0.05) is 36.0 Å². The first-order chi connectivity index (χ1) is 9.84. The molecule has 0 aliphatic carbocycles. The molecule has 0 bridgehead atoms. The summed E-state index contributed by atoms with van der Waals surface area (Å²) >= 11 is 10.9. The van der Waals surface area contributed by atoms with E-state index in [2.05, 4.69) is 4.98 Å². The first kappa shape index (κ1) is 15.7. The molecule has 1 aromatic carbocycles. The molecule has 2 rings (SSSR count). The number of hydrogen-bond donors (Lipinski definition) is 1. The fraction of sp³-hybridized carbons (Fsp3) is 0.0769. The lowest BCUT2D eigenvalue weighted by molar-refractivity contribution is 0.594. The van der Waals surface area contributed by atoms with Gasteiger partial charge in [0.15, 0.2) is 0 Å². The molecule has 0 fully saturated rings. The second kappa shape index (κ2) is 5.97. The highest BCUT2D eigenvalue weighted by Crippen LogP contribution is 2.27. The predicted molar refractivity (Wildman–Crippen MR) is 87.2 cm³/mol. The van der Waals surface area contributed by atoms with Crippen molar-refractivity contribution in [2.75, 3.05) is 11.4 Å². The molecule has 5 nitrogen and oxygen atoms in total. The van der Waals surface area contributed by atoms with Gasteiger partial charge in [-0.2, -0.15) is 0 Å². The third-order valence-electron chi connectivity index (χ3n) is 2.83. The maximum atomic E-state index is 12.6. The minimum absolute atomic E-state index is 0.0670. The number of sulfonamides is 1. The molecule has 1 aromatic heterocycles. The molecular formula is C13H12ClN3O2S2. The Labute approximate surface area is 133 Å². The minimum Gasteiger partial charge on any atom is -0.389 e. The monoisotopic (exact) mass is 341 g/mol. The Kier molecular flexibility index (Phi) is 4.46. The summed E-state index contributed by atoms with van der Waals surface area (Å²) in [5, 5.41) is 0.0952. The lowest BCUT2D eigenvalue weighted by atomic mass is 10.2. The number of benzene rings is 1. The highest BCUT2D eigenvalue weighted by atomic mass is 35.5. The Balaban J connectivity index is 2.54. The minimum atomic E-state index is -3.86. The van der Waals surface area contributed by atoms with Crippen molar-refractivity contribution in [2.45, 2.75) is 4.90 Å². The molecule has 0 spiro atoms. The number of nitrogens with two attached hydrogens (primary N) is 1. The summed E-state index contributed by atoms with van der Waals surface area (Å²) in [6, 6.07) is 9.37. The third-order valence-corrected chi connectivity index (χ3v) is 5.31. The standard InChI is InChI=1S/C13H12ClN3O2S2/c1-17(12-4-2-3-7-16-12)21(18,19)11-8-9(13(15)20)5-6-10(11)14/h2-8H,1H3,(H2,15,20). The van der Waals surface area contributed by atoms with E-state index in [4.69, 9.17) is 29.6 Å². The number of aromatic nitrogens is 1. The van der Waals surface area contributed by atoms with Crippen molar-refractivity contribution in [3.63, 3.8) is 0 Å². The lowest BCUT2D eigenvalue weighted by Gasteiger charge is -2.19. The Morgan fingerprint density at radius 1 is 1.33 bits per heavy atom. The van der Waals surface area contributed by atoms with Gasteiger partial charge in [-0.25, -0.2) is 13.4 Å². The van der Waals surface area contributed by atoms with Gasteiger partial charge in [0.1, 0.15) is 15.7 Å². The number of hydrogen-bond acceptors (Lipinski definition) is 4. The van der Waals surface area contributed by atoms with Crippen molar-refractivity contribution < 1.29 is 8.42 Å². The summed E-state index contributed by atoms with van der Waals surface area (Å²) in [7, 11) is -2.45. The summed E-state index contributed by atoms with van der Waals surface area (Å²) < 4.78 is 26.3. The van der Waals surface area contributed by atoms with Crippen LogP contribution in [0.3, 0.4) is 0 Å². The maximum Gasteiger partial charge on any atom is 0.266 e. The molecule has 1 heterocycles. The van der Waals surface area contributed by atoms with Crippen LogP contribution in [0, 0.1) is 0 Å². The van der Waals surface area contributed by atoms with Crippen molar-refractivity contribution in [3.8, 4) is 0 Å². The van der Waals surface area contributed by atoms with Gasteiger partial charge in [-0.05, 0) is 24.3 Å². The van der Waals surface area contributed by atoms with Crippen LogP contribution in [0.15, 0.2) is 47.5 Å². The van der Waals surface area contributed by atoms with Crippen molar-refractivity contribution in [3.05, 3.63) is 53.2 Å². The summed E-state index contributed by atoms with van der Waals surface area (Å²) in [5.74, 6) is 0.286. The second-order valence-electron chi connectivity index (χ2n) is 4.17. The van der Waals surface area contributed by atoms with E-state index >= 15 is 0 Å². The first-order valence-corrected chi connectivity index (χ1v) is 8.06. The first-order valence-electron chi connectivity index (χ1n) is 5.83. The van der Waals surface area contributed by atoms with Crippen molar-refractivity contribution >= 4 is 44.6 Å². The highest BCUT2D eigenvalue weighted by molar-refractivity contribution is 7.93. The van der Waals surface area contributed by atoms with Crippen LogP contribution in [0.4, 0.5) is 5.82 Å². The zero-order chi connectivity index (χ0) is 15.6. The van der Waals surface area contributed by atoms with Gasteiger partial charge in [-0.3, -0.25) is 4.31 Å². The molecule has 8 heteroatoms. The van der Waals surface area contributed by atoms with E-state index in [1.165, 1.54) is 25.4 Å². The van der Waals surface area contributed by atoms with Crippen molar-refractivity contribution in [2.24, 2.45) is 5.73 Å². The van der Waals surface area contributed by atoms with Crippen LogP contribution in [-0.4, -0.2) is 25.4 Å². The zero-order valence-corrected chi connectivity index (χ0v) is 13.4. The molecule has 2 aromatic rings. The molecule has 21 heavy (non-hydrogen) atoms. The van der Waals surface area contributed by atoms with Gasteiger partial charge >= 0.3 is 0 Å². The Morgan fingerprint density at radius 3 is 2.62 bits per heavy atom.